The van der Waals surface area contributed by atoms with Crippen LogP contribution in [0.25, 0.3) is 6.08 Å². The highest BCUT2D eigenvalue weighted by atomic mass is 32.2. The lowest BCUT2D eigenvalue weighted by atomic mass is 10.1. The molecule has 156 valence electrons. The maximum atomic E-state index is 12.5. The quantitative estimate of drug-likeness (QED) is 0.527. The van der Waals surface area contributed by atoms with Crippen molar-refractivity contribution < 1.29 is 14.3 Å². The van der Waals surface area contributed by atoms with Crippen LogP contribution in [-0.4, -0.2) is 18.2 Å². The summed E-state index contributed by atoms with van der Waals surface area (Å²) in [4.78, 5) is 17.5. The summed E-state index contributed by atoms with van der Waals surface area (Å²) in [6, 6.07) is 23.3. The Labute approximate surface area is 185 Å². The molecular weight excluding hydrogens is 408 g/mol. The van der Waals surface area contributed by atoms with E-state index in [4.69, 9.17) is 9.47 Å². The molecule has 1 amide bonds. The van der Waals surface area contributed by atoms with Crippen molar-refractivity contribution in [3.05, 3.63) is 94.4 Å². The average molecular weight is 431 g/mol. The van der Waals surface area contributed by atoms with Gasteiger partial charge in [0, 0.05) is 5.56 Å². The van der Waals surface area contributed by atoms with Crippen LogP contribution in [0.5, 0.6) is 11.5 Å². The predicted octanol–water partition coefficient (Wildman–Crippen LogP) is 5.47. The summed E-state index contributed by atoms with van der Waals surface area (Å²) in [6.45, 7) is 2.52. The Balaban J connectivity index is 1.49. The molecule has 0 radical (unpaired) electrons. The van der Waals surface area contributed by atoms with Crippen molar-refractivity contribution in [1.29, 1.82) is 0 Å². The van der Waals surface area contributed by atoms with Crippen LogP contribution in [0.3, 0.4) is 0 Å². The van der Waals surface area contributed by atoms with E-state index in [1.165, 1.54) is 17.3 Å². The number of aliphatic imine (C=N–C) groups is 1. The smallest absolute Gasteiger partial charge is 0.264 e. The second-order valence-corrected chi connectivity index (χ2v) is 8.02. The highest BCUT2D eigenvalue weighted by Gasteiger charge is 2.24. The number of rotatable bonds is 6. The van der Waals surface area contributed by atoms with Crippen molar-refractivity contribution in [2.75, 3.05) is 7.11 Å². The van der Waals surface area contributed by atoms with Gasteiger partial charge in [0.05, 0.1) is 17.7 Å². The number of amides is 1. The Morgan fingerprint density at radius 2 is 1.74 bits per heavy atom. The predicted molar refractivity (Wildman–Crippen MR) is 126 cm³/mol. The first-order valence-electron chi connectivity index (χ1n) is 9.82. The first kappa shape index (κ1) is 20.8. The van der Waals surface area contributed by atoms with E-state index in [9.17, 15) is 4.79 Å². The number of thioether (sulfide) groups is 1. The molecule has 0 atom stereocenters. The van der Waals surface area contributed by atoms with Crippen LogP contribution in [0.2, 0.25) is 0 Å². The van der Waals surface area contributed by atoms with Gasteiger partial charge in [0.1, 0.15) is 18.1 Å². The first-order valence-corrected chi connectivity index (χ1v) is 10.6. The fourth-order valence-corrected chi connectivity index (χ4v) is 3.81. The Hall–Kier alpha value is -3.51. The monoisotopic (exact) mass is 430 g/mol. The Bertz CT molecular complexity index is 1140. The van der Waals surface area contributed by atoms with Crippen molar-refractivity contribution in [2.24, 2.45) is 4.99 Å². The summed E-state index contributed by atoms with van der Waals surface area (Å²) < 4.78 is 11.2. The van der Waals surface area contributed by atoms with Crippen LogP contribution in [0.4, 0.5) is 5.69 Å². The van der Waals surface area contributed by atoms with Crippen molar-refractivity contribution in [3.8, 4) is 11.5 Å². The number of nitrogens with zero attached hydrogens (tertiary/aromatic N) is 1. The molecule has 1 aliphatic rings. The third-order valence-corrected chi connectivity index (χ3v) is 5.58. The van der Waals surface area contributed by atoms with Crippen molar-refractivity contribution >= 4 is 34.6 Å². The molecule has 1 heterocycles. The third kappa shape index (κ3) is 5.35. The van der Waals surface area contributed by atoms with Gasteiger partial charge in [0.15, 0.2) is 5.17 Å². The van der Waals surface area contributed by atoms with E-state index < -0.39 is 0 Å². The molecule has 0 unspecified atom stereocenters. The zero-order valence-electron chi connectivity index (χ0n) is 17.3. The van der Waals surface area contributed by atoms with E-state index in [0.717, 1.165) is 28.3 Å². The average Bonchev–Trinajstić information content (AvgIpc) is 3.13. The molecule has 3 aromatic rings. The minimum atomic E-state index is -0.175. The number of nitrogens with one attached hydrogen (secondary N) is 1. The Kier molecular flexibility index (Phi) is 6.38. The van der Waals surface area contributed by atoms with Crippen LogP contribution >= 0.6 is 11.8 Å². The number of carbonyl (C=O) groups excluding carboxylic acids is 1. The molecule has 3 aromatic carbocycles. The molecule has 0 bridgehead atoms. The molecule has 0 aromatic heterocycles. The molecule has 1 fully saturated rings. The van der Waals surface area contributed by atoms with Crippen LogP contribution in [-0.2, 0) is 11.4 Å². The summed E-state index contributed by atoms with van der Waals surface area (Å²) in [5, 5.41) is 3.36. The maximum Gasteiger partial charge on any atom is 0.264 e. The number of methoxy groups -OCH3 is 1. The number of amidine groups is 1. The lowest BCUT2D eigenvalue weighted by Gasteiger charge is -2.10. The van der Waals surface area contributed by atoms with Crippen LogP contribution in [0, 0.1) is 6.92 Å². The number of aryl methyl sites for hydroxylation is 1. The largest absolute Gasteiger partial charge is 0.497 e. The SMILES string of the molecule is COc1ccc(N=C2NC(=O)/C(=C\c3ccccc3OCc3ccc(C)cc3)S2)cc1. The number of carbonyl (C=O) groups is 1. The number of benzene rings is 3. The highest BCUT2D eigenvalue weighted by Crippen LogP contribution is 2.31. The number of para-hydroxylation sites is 1. The van der Waals surface area contributed by atoms with Gasteiger partial charge in [-0.05, 0) is 60.7 Å². The summed E-state index contributed by atoms with van der Waals surface area (Å²) in [5.41, 5.74) is 3.89. The standard InChI is InChI=1S/C25H22N2O3S/c1-17-7-9-18(10-8-17)16-30-22-6-4-3-5-19(22)15-23-24(28)27-25(31-23)26-20-11-13-21(29-2)14-12-20/h3-15H,16H2,1-2H3,(H,26,27,28)/b23-15+. The van der Waals surface area contributed by atoms with Gasteiger partial charge < -0.3 is 14.8 Å². The third-order valence-electron chi connectivity index (χ3n) is 4.67. The molecule has 0 aliphatic carbocycles. The van der Waals surface area contributed by atoms with Crippen LogP contribution < -0.4 is 14.8 Å². The molecular formula is C25H22N2O3S. The zero-order valence-corrected chi connectivity index (χ0v) is 18.1. The van der Waals surface area contributed by atoms with Crippen molar-refractivity contribution in [2.45, 2.75) is 13.5 Å². The minimum Gasteiger partial charge on any atom is -0.497 e. The number of ether oxygens (including phenoxy) is 2. The maximum absolute atomic E-state index is 12.5. The van der Waals surface area contributed by atoms with Crippen LogP contribution in [0.1, 0.15) is 16.7 Å². The molecule has 0 spiro atoms. The van der Waals surface area contributed by atoms with E-state index in [0.29, 0.717) is 16.7 Å². The minimum absolute atomic E-state index is 0.175. The van der Waals surface area contributed by atoms with E-state index in [1.807, 2.05) is 54.6 Å². The van der Waals surface area contributed by atoms with Gasteiger partial charge in [-0.2, -0.15) is 0 Å². The summed E-state index contributed by atoms with van der Waals surface area (Å²) in [6.07, 6.45) is 1.83. The van der Waals surface area contributed by atoms with Crippen molar-refractivity contribution in [3.63, 3.8) is 0 Å². The summed E-state index contributed by atoms with van der Waals surface area (Å²) in [7, 11) is 1.62. The zero-order chi connectivity index (χ0) is 21.6. The topological polar surface area (TPSA) is 59.9 Å². The van der Waals surface area contributed by atoms with Gasteiger partial charge >= 0.3 is 0 Å². The fraction of sp³-hybridized carbons (Fsp3) is 0.120. The van der Waals surface area contributed by atoms with Gasteiger partial charge in [0.25, 0.3) is 5.91 Å². The molecule has 31 heavy (non-hydrogen) atoms. The molecule has 1 aliphatic heterocycles. The second kappa shape index (κ2) is 9.53. The molecule has 5 nitrogen and oxygen atoms in total. The number of hydrogen-bond acceptors (Lipinski definition) is 5. The molecule has 1 saturated heterocycles. The molecule has 6 heteroatoms. The lowest BCUT2D eigenvalue weighted by Crippen LogP contribution is -2.19. The van der Waals surface area contributed by atoms with Gasteiger partial charge in [-0.3, -0.25) is 4.79 Å². The number of hydrogen-bond donors (Lipinski definition) is 1. The van der Waals surface area contributed by atoms with Gasteiger partial charge in [0.2, 0.25) is 0 Å². The molecule has 1 N–H and O–H groups in total. The first-order chi connectivity index (χ1) is 15.1. The van der Waals surface area contributed by atoms with Gasteiger partial charge in [-0.15, -0.1) is 0 Å². The van der Waals surface area contributed by atoms with Crippen LogP contribution in [0.15, 0.2) is 82.7 Å². The molecule has 0 saturated carbocycles. The van der Waals surface area contributed by atoms with E-state index in [2.05, 4.69) is 41.5 Å². The normalized spacial score (nSPS) is 15.9. The Morgan fingerprint density at radius 1 is 1.00 bits per heavy atom. The highest BCUT2D eigenvalue weighted by molar-refractivity contribution is 8.18. The van der Waals surface area contributed by atoms with E-state index in [-0.39, 0.29) is 5.91 Å². The Morgan fingerprint density at radius 3 is 2.48 bits per heavy atom. The van der Waals surface area contributed by atoms with Gasteiger partial charge in [-0.25, -0.2) is 4.99 Å². The van der Waals surface area contributed by atoms with E-state index in [1.54, 1.807) is 7.11 Å². The fourth-order valence-electron chi connectivity index (χ4n) is 2.97. The summed E-state index contributed by atoms with van der Waals surface area (Å²) in [5.74, 6) is 1.31. The lowest BCUT2D eigenvalue weighted by molar-refractivity contribution is -0.115. The van der Waals surface area contributed by atoms with E-state index >= 15 is 0 Å². The van der Waals surface area contributed by atoms with Crippen molar-refractivity contribution in [1.82, 2.24) is 5.32 Å². The van der Waals surface area contributed by atoms with Gasteiger partial charge in [-0.1, -0.05) is 48.0 Å². The second-order valence-electron chi connectivity index (χ2n) is 6.99. The summed E-state index contributed by atoms with van der Waals surface area (Å²) >= 11 is 1.31. The molecule has 4 rings (SSSR count).